The SMILES string of the molecule is Cc1cnc2c(S(=O)(=O)NCC[C@H]3CCCN3)cccc2c1. The molecule has 5 nitrogen and oxygen atoms in total. The van der Waals surface area contributed by atoms with Crippen molar-refractivity contribution in [3.63, 3.8) is 0 Å². The number of aryl methyl sites for hydroxylation is 1. The molecule has 0 saturated carbocycles. The molecule has 0 aliphatic carbocycles. The van der Waals surface area contributed by atoms with Crippen LogP contribution >= 0.6 is 0 Å². The van der Waals surface area contributed by atoms with Gasteiger partial charge in [0.25, 0.3) is 0 Å². The molecule has 1 saturated heterocycles. The van der Waals surface area contributed by atoms with Gasteiger partial charge < -0.3 is 5.32 Å². The van der Waals surface area contributed by atoms with Crippen LogP contribution in [0.3, 0.4) is 0 Å². The Bertz CT molecular complexity index is 768. The van der Waals surface area contributed by atoms with Crippen molar-refractivity contribution in [2.45, 2.75) is 37.1 Å². The van der Waals surface area contributed by atoms with Gasteiger partial charge in [0.2, 0.25) is 10.0 Å². The molecule has 1 fully saturated rings. The van der Waals surface area contributed by atoms with Crippen molar-refractivity contribution in [3.05, 3.63) is 36.0 Å². The van der Waals surface area contributed by atoms with Gasteiger partial charge in [0, 0.05) is 24.2 Å². The molecular formula is C16H21N3O2S. The summed E-state index contributed by atoms with van der Waals surface area (Å²) in [7, 11) is -3.53. The van der Waals surface area contributed by atoms with E-state index in [1.165, 1.54) is 6.42 Å². The molecule has 1 aliphatic rings. The zero-order valence-corrected chi connectivity index (χ0v) is 13.5. The Morgan fingerprint density at radius 3 is 3.05 bits per heavy atom. The lowest BCUT2D eigenvalue weighted by Gasteiger charge is -2.12. The topological polar surface area (TPSA) is 71.1 Å². The number of nitrogens with one attached hydrogen (secondary N) is 2. The smallest absolute Gasteiger partial charge is 0.242 e. The molecule has 0 unspecified atom stereocenters. The molecule has 0 amide bonds. The second-order valence-corrected chi connectivity index (χ2v) is 7.56. The van der Waals surface area contributed by atoms with E-state index in [1.54, 1.807) is 18.3 Å². The summed E-state index contributed by atoms with van der Waals surface area (Å²) in [6, 6.07) is 7.63. The number of sulfonamides is 1. The molecule has 2 N–H and O–H groups in total. The lowest BCUT2D eigenvalue weighted by atomic mass is 10.2. The minimum Gasteiger partial charge on any atom is -0.314 e. The fourth-order valence-corrected chi connectivity index (χ4v) is 4.13. The van der Waals surface area contributed by atoms with Crippen molar-refractivity contribution in [1.29, 1.82) is 0 Å². The summed E-state index contributed by atoms with van der Waals surface area (Å²) in [5, 5.41) is 4.22. The number of rotatable bonds is 5. The van der Waals surface area contributed by atoms with Crippen molar-refractivity contribution < 1.29 is 8.42 Å². The quantitative estimate of drug-likeness (QED) is 0.884. The minimum atomic E-state index is -3.53. The first-order chi connectivity index (χ1) is 10.6. The van der Waals surface area contributed by atoms with Crippen LogP contribution in [0.15, 0.2) is 35.4 Å². The zero-order valence-electron chi connectivity index (χ0n) is 12.7. The second-order valence-electron chi connectivity index (χ2n) is 5.82. The van der Waals surface area contributed by atoms with Gasteiger partial charge in [-0.25, -0.2) is 13.1 Å². The molecule has 3 rings (SSSR count). The summed E-state index contributed by atoms with van der Waals surface area (Å²) in [6.07, 6.45) is 4.81. The first-order valence-corrected chi connectivity index (χ1v) is 9.13. The lowest BCUT2D eigenvalue weighted by Crippen LogP contribution is -2.30. The van der Waals surface area contributed by atoms with Crippen LogP contribution in [0.1, 0.15) is 24.8 Å². The Morgan fingerprint density at radius 1 is 1.41 bits per heavy atom. The lowest BCUT2D eigenvalue weighted by molar-refractivity contribution is 0.540. The largest absolute Gasteiger partial charge is 0.314 e. The summed E-state index contributed by atoms with van der Waals surface area (Å²) >= 11 is 0. The monoisotopic (exact) mass is 319 g/mol. The molecule has 0 bridgehead atoms. The maximum Gasteiger partial charge on any atom is 0.242 e. The highest BCUT2D eigenvalue weighted by Gasteiger charge is 2.19. The van der Waals surface area contributed by atoms with E-state index in [2.05, 4.69) is 15.0 Å². The van der Waals surface area contributed by atoms with Gasteiger partial charge in [-0.05, 0) is 50.4 Å². The van der Waals surface area contributed by atoms with Crippen LogP contribution in [0.5, 0.6) is 0 Å². The number of hydrogen-bond acceptors (Lipinski definition) is 4. The third kappa shape index (κ3) is 3.29. The van der Waals surface area contributed by atoms with Crippen molar-refractivity contribution in [2.75, 3.05) is 13.1 Å². The highest BCUT2D eigenvalue weighted by molar-refractivity contribution is 7.89. The van der Waals surface area contributed by atoms with E-state index in [0.717, 1.165) is 30.3 Å². The Morgan fingerprint density at radius 2 is 2.27 bits per heavy atom. The van der Waals surface area contributed by atoms with Crippen molar-refractivity contribution in [1.82, 2.24) is 15.0 Å². The van der Waals surface area contributed by atoms with Crippen molar-refractivity contribution >= 4 is 20.9 Å². The van der Waals surface area contributed by atoms with E-state index in [1.807, 2.05) is 19.1 Å². The minimum absolute atomic E-state index is 0.254. The van der Waals surface area contributed by atoms with Crippen molar-refractivity contribution in [2.24, 2.45) is 0 Å². The molecule has 0 radical (unpaired) electrons. The highest BCUT2D eigenvalue weighted by Crippen LogP contribution is 2.21. The molecule has 1 aliphatic heterocycles. The molecule has 2 aromatic rings. The number of aromatic nitrogens is 1. The molecule has 2 heterocycles. The van der Waals surface area contributed by atoms with Crippen LogP contribution in [0, 0.1) is 6.92 Å². The van der Waals surface area contributed by atoms with Crippen LogP contribution in [0.4, 0.5) is 0 Å². The summed E-state index contributed by atoms with van der Waals surface area (Å²) in [6.45, 7) is 3.42. The van der Waals surface area contributed by atoms with E-state index in [9.17, 15) is 8.42 Å². The van der Waals surface area contributed by atoms with Gasteiger partial charge in [-0.3, -0.25) is 4.98 Å². The first kappa shape index (κ1) is 15.4. The summed E-state index contributed by atoms with van der Waals surface area (Å²) in [5.74, 6) is 0. The molecule has 118 valence electrons. The van der Waals surface area contributed by atoms with Crippen LogP contribution in [0.2, 0.25) is 0 Å². The molecule has 22 heavy (non-hydrogen) atoms. The van der Waals surface area contributed by atoms with Crippen LogP contribution in [-0.4, -0.2) is 32.5 Å². The van der Waals surface area contributed by atoms with E-state index in [-0.39, 0.29) is 4.90 Å². The van der Waals surface area contributed by atoms with Crippen molar-refractivity contribution in [3.8, 4) is 0 Å². The third-order valence-corrected chi connectivity index (χ3v) is 5.54. The Balaban J connectivity index is 1.79. The highest BCUT2D eigenvalue weighted by atomic mass is 32.2. The molecule has 1 aromatic heterocycles. The summed E-state index contributed by atoms with van der Waals surface area (Å²) in [4.78, 5) is 4.56. The van der Waals surface area contributed by atoms with E-state index >= 15 is 0 Å². The number of pyridine rings is 1. The van der Waals surface area contributed by atoms with E-state index in [0.29, 0.717) is 18.1 Å². The number of benzene rings is 1. The Kier molecular flexibility index (Phi) is 4.42. The molecule has 6 heteroatoms. The fraction of sp³-hybridized carbons (Fsp3) is 0.438. The maximum atomic E-state index is 12.5. The van der Waals surface area contributed by atoms with Gasteiger partial charge in [-0.15, -0.1) is 0 Å². The van der Waals surface area contributed by atoms with E-state index < -0.39 is 10.0 Å². The van der Waals surface area contributed by atoms with Gasteiger partial charge in [0.15, 0.2) is 0 Å². The molecule has 1 aromatic carbocycles. The number of para-hydroxylation sites is 1. The number of nitrogens with zero attached hydrogens (tertiary/aromatic N) is 1. The predicted octanol–water partition coefficient (Wildman–Crippen LogP) is 1.96. The van der Waals surface area contributed by atoms with Gasteiger partial charge in [0.1, 0.15) is 4.90 Å². The second kappa shape index (κ2) is 6.32. The van der Waals surface area contributed by atoms with Gasteiger partial charge in [0.05, 0.1) is 5.52 Å². The molecular weight excluding hydrogens is 298 g/mol. The van der Waals surface area contributed by atoms with Crippen LogP contribution in [0.25, 0.3) is 10.9 Å². The zero-order chi connectivity index (χ0) is 15.6. The van der Waals surface area contributed by atoms with Gasteiger partial charge >= 0.3 is 0 Å². The third-order valence-electron chi connectivity index (χ3n) is 4.05. The standard InChI is InChI=1S/C16H21N3O2S/c1-12-10-13-4-2-6-15(16(13)18-11-12)22(20,21)19-9-7-14-5-3-8-17-14/h2,4,6,10-11,14,17,19H,3,5,7-9H2,1H3/t14-/m1/s1. The molecule has 0 spiro atoms. The van der Waals surface area contributed by atoms with Crippen LogP contribution in [-0.2, 0) is 10.0 Å². The Hall–Kier alpha value is -1.50. The summed E-state index contributed by atoms with van der Waals surface area (Å²) in [5.41, 5.74) is 1.54. The number of hydrogen-bond donors (Lipinski definition) is 2. The van der Waals surface area contributed by atoms with E-state index in [4.69, 9.17) is 0 Å². The Labute approximate surface area is 131 Å². The van der Waals surface area contributed by atoms with Crippen LogP contribution < -0.4 is 10.0 Å². The first-order valence-electron chi connectivity index (χ1n) is 7.65. The van der Waals surface area contributed by atoms with Gasteiger partial charge in [-0.1, -0.05) is 12.1 Å². The average Bonchev–Trinajstić information content (AvgIpc) is 2.99. The normalized spacial score (nSPS) is 18.9. The average molecular weight is 319 g/mol. The maximum absolute atomic E-state index is 12.5. The van der Waals surface area contributed by atoms with Gasteiger partial charge in [-0.2, -0.15) is 0 Å². The summed E-state index contributed by atoms with van der Waals surface area (Å²) < 4.78 is 27.8. The molecule has 1 atom stereocenters. The predicted molar refractivity (Wildman–Crippen MR) is 87.3 cm³/mol. The number of fused-ring (bicyclic) bond motifs is 1. The fourth-order valence-electron chi connectivity index (χ4n) is 2.91.